The predicted octanol–water partition coefficient (Wildman–Crippen LogP) is 1.63. The van der Waals surface area contributed by atoms with E-state index in [0.29, 0.717) is 5.02 Å². The van der Waals surface area contributed by atoms with Gasteiger partial charge >= 0.3 is 0 Å². The molecule has 0 unspecified atom stereocenters. The van der Waals surface area contributed by atoms with Crippen LogP contribution in [0.15, 0.2) is 6.20 Å². The highest BCUT2D eigenvalue weighted by Gasteiger charge is 2.27. The van der Waals surface area contributed by atoms with Crippen LogP contribution in [0.25, 0.3) is 0 Å². The summed E-state index contributed by atoms with van der Waals surface area (Å²) in [6.45, 7) is 10.5. The van der Waals surface area contributed by atoms with Gasteiger partial charge in [0.1, 0.15) is 5.02 Å². The fourth-order valence-electron chi connectivity index (χ4n) is 2.18. The van der Waals surface area contributed by atoms with Crippen molar-refractivity contribution in [1.29, 1.82) is 0 Å². The van der Waals surface area contributed by atoms with Crippen LogP contribution in [0.3, 0.4) is 0 Å². The van der Waals surface area contributed by atoms with E-state index in [0.717, 1.165) is 32.0 Å². The molecule has 2 heterocycles. The van der Waals surface area contributed by atoms with E-state index in [4.69, 9.17) is 17.3 Å². The number of piperazine rings is 1. The van der Waals surface area contributed by atoms with E-state index in [1.165, 1.54) is 0 Å². The minimum absolute atomic E-state index is 0.209. The standard InChI is InChI=1S/C12H20ClN5/c1-12(2,3)18-6-4-17(5-7-18)10-9(13)8-15-11(14)16-10/h8H,4-7H2,1-3H3,(H2,14,15,16). The molecule has 18 heavy (non-hydrogen) atoms. The average Bonchev–Trinajstić information content (AvgIpc) is 2.31. The van der Waals surface area contributed by atoms with Gasteiger partial charge in [-0.2, -0.15) is 4.98 Å². The van der Waals surface area contributed by atoms with Crippen LogP contribution in [-0.2, 0) is 0 Å². The second-order valence-electron chi connectivity index (χ2n) is 5.54. The van der Waals surface area contributed by atoms with E-state index < -0.39 is 0 Å². The molecule has 2 N–H and O–H groups in total. The summed E-state index contributed by atoms with van der Waals surface area (Å²) >= 11 is 6.12. The van der Waals surface area contributed by atoms with Crippen LogP contribution in [0.4, 0.5) is 11.8 Å². The first-order chi connectivity index (χ1) is 8.38. The molecule has 0 aliphatic carbocycles. The van der Waals surface area contributed by atoms with Crippen LogP contribution in [-0.4, -0.2) is 46.6 Å². The third kappa shape index (κ3) is 2.84. The number of hydrogen-bond acceptors (Lipinski definition) is 5. The van der Waals surface area contributed by atoms with Crippen LogP contribution in [0.5, 0.6) is 0 Å². The SMILES string of the molecule is CC(C)(C)N1CCN(c2nc(N)ncc2Cl)CC1. The maximum Gasteiger partial charge on any atom is 0.222 e. The molecular formula is C12H20ClN5. The molecule has 2 rings (SSSR count). The smallest absolute Gasteiger partial charge is 0.222 e. The van der Waals surface area contributed by atoms with Crippen molar-refractivity contribution in [1.82, 2.24) is 14.9 Å². The van der Waals surface area contributed by atoms with Crippen LogP contribution < -0.4 is 10.6 Å². The first kappa shape index (κ1) is 13.4. The molecular weight excluding hydrogens is 250 g/mol. The predicted molar refractivity (Wildman–Crippen MR) is 75.0 cm³/mol. The van der Waals surface area contributed by atoms with Gasteiger partial charge in [-0.25, -0.2) is 4.98 Å². The highest BCUT2D eigenvalue weighted by Crippen LogP contribution is 2.25. The van der Waals surface area contributed by atoms with Gasteiger partial charge in [-0.05, 0) is 20.8 Å². The van der Waals surface area contributed by atoms with Crippen molar-refractivity contribution in [3.63, 3.8) is 0 Å². The van der Waals surface area contributed by atoms with Crippen molar-refractivity contribution in [3.05, 3.63) is 11.2 Å². The van der Waals surface area contributed by atoms with Gasteiger partial charge in [0.05, 0.1) is 6.20 Å². The maximum absolute atomic E-state index is 6.12. The number of rotatable bonds is 1. The molecule has 1 aromatic heterocycles. The molecule has 100 valence electrons. The summed E-state index contributed by atoms with van der Waals surface area (Å²) in [6, 6.07) is 0. The lowest BCUT2D eigenvalue weighted by Crippen LogP contribution is -2.53. The van der Waals surface area contributed by atoms with Crippen molar-refractivity contribution in [2.45, 2.75) is 26.3 Å². The first-order valence-corrected chi connectivity index (χ1v) is 6.54. The monoisotopic (exact) mass is 269 g/mol. The summed E-state index contributed by atoms with van der Waals surface area (Å²) in [5.41, 5.74) is 5.82. The number of aromatic nitrogens is 2. The molecule has 5 nitrogen and oxygen atoms in total. The van der Waals surface area contributed by atoms with E-state index in [2.05, 4.69) is 40.5 Å². The zero-order valence-corrected chi connectivity index (χ0v) is 11.9. The Bertz CT molecular complexity index is 421. The topological polar surface area (TPSA) is 58.3 Å². The molecule has 0 amide bonds. The van der Waals surface area contributed by atoms with Gasteiger partial charge in [-0.3, -0.25) is 4.90 Å². The molecule has 1 fully saturated rings. The molecule has 1 aliphatic heterocycles. The summed E-state index contributed by atoms with van der Waals surface area (Å²) < 4.78 is 0. The van der Waals surface area contributed by atoms with Crippen LogP contribution in [0.2, 0.25) is 5.02 Å². The summed E-state index contributed by atoms with van der Waals surface area (Å²) in [5.74, 6) is 1.02. The Morgan fingerprint density at radius 3 is 2.39 bits per heavy atom. The Morgan fingerprint density at radius 1 is 1.22 bits per heavy atom. The van der Waals surface area contributed by atoms with Crippen molar-refractivity contribution in [2.24, 2.45) is 0 Å². The van der Waals surface area contributed by atoms with E-state index in [9.17, 15) is 0 Å². The lowest BCUT2D eigenvalue weighted by molar-refractivity contribution is 0.128. The quantitative estimate of drug-likeness (QED) is 0.840. The number of nitrogens with two attached hydrogens (primary N) is 1. The van der Waals surface area contributed by atoms with Crippen LogP contribution in [0.1, 0.15) is 20.8 Å². The van der Waals surface area contributed by atoms with E-state index in [-0.39, 0.29) is 11.5 Å². The summed E-state index contributed by atoms with van der Waals surface area (Å²) in [5, 5.41) is 0.563. The van der Waals surface area contributed by atoms with Gasteiger partial charge in [-0.1, -0.05) is 11.6 Å². The Morgan fingerprint density at radius 2 is 1.83 bits per heavy atom. The summed E-state index contributed by atoms with van der Waals surface area (Å²) in [7, 11) is 0. The molecule has 0 atom stereocenters. The molecule has 0 saturated carbocycles. The minimum Gasteiger partial charge on any atom is -0.368 e. The molecule has 1 aliphatic rings. The van der Waals surface area contributed by atoms with Crippen molar-refractivity contribution in [3.8, 4) is 0 Å². The number of nitrogen functional groups attached to an aromatic ring is 1. The molecule has 1 aromatic rings. The second kappa shape index (κ2) is 4.90. The lowest BCUT2D eigenvalue weighted by atomic mass is 10.1. The molecule has 0 bridgehead atoms. The molecule has 0 radical (unpaired) electrons. The van der Waals surface area contributed by atoms with E-state index in [1.807, 2.05) is 0 Å². The fraction of sp³-hybridized carbons (Fsp3) is 0.667. The van der Waals surface area contributed by atoms with Gasteiger partial charge in [0.25, 0.3) is 0 Å². The van der Waals surface area contributed by atoms with Gasteiger partial charge in [-0.15, -0.1) is 0 Å². The highest BCUT2D eigenvalue weighted by atomic mass is 35.5. The lowest BCUT2D eigenvalue weighted by Gasteiger charge is -2.42. The van der Waals surface area contributed by atoms with Crippen molar-refractivity contribution >= 4 is 23.4 Å². The van der Waals surface area contributed by atoms with Crippen molar-refractivity contribution < 1.29 is 0 Å². The molecule has 1 saturated heterocycles. The zero-order valence-electron chi connectivity index (χ0n) is 11.1. The van der Waals surface area contributed by atoms with E-state index in [1.54, 1.807) is 6.20 Å². The zero-order chi connectivity index (χ0) is 13.3. The number of halogens is 1. The second-order valence-corrected chi connectivity index (χ2v) is 5.95. The van der Waals surface area contributed by atoms with E-state index >= 15 is 0 Å². The molecule has 0 spiro atoms. The number of anilines is 2. The van der Waals surface area contributed by atoms with Gasteiger partial charge < -0.3 is 10.6 Å². The molecule has 6 heteroatoms. The van der Waals surface area contributed by atoms with Gasteiger partial charge in [0, 0.05) is 31.7 Å². The Hall–Kier alpha value is -1.07. The number of nitrogens with zero attached hydrogens (tertiary/aromatic N) is 4. The fourth-order valence-corrected chi connectivity index (χ4v) is 2.39. The first-order valence-electron chi connectivity index (χ1n) is 6.16. The normalized spacial score (nSPS) is 18.1. The third-order valence-corrected chi connectivity index (χ3v) is 3.54. The van der Waals surface area contributed by atoms with Crippen LogP contribution >= 0.6 is 11.6 Å². The maximum atomic E-state index is 6.12. The Kier molecular flexibility index (Phi) is 3.64. The number of hydrogen-bond donors (Lipinski definition) is 1. The Labute approximate surface area is 113 Å². The highest BCUT2D eigenvalue weighted by molar-refractivity contribution is 6.32. The Balaban J connectivity index is 2.08. The molecule has 0 aromatic carbocycles. The van der Waals surface area contributed by atoms with Gasteiger partial charge in [0.15, 0.2) is 5.82 Å². The minimum atomic E-state index is 0.209. The largest absolute Gasteiger partial charge is 0.368 e. The summed E-state index contributed by atoms with van der Waals surface area (Å²) in [6.07, 6.45) is 1.56. The van der Waals surface area contributed by atoms with Crippen LogP contribution in [0, 0.1) is 0 Å². The van der Waals surface area contributed by atoms with Gasteiger partial charge in [0.2, 0.25) is 5.95 Å². The third-order valence-electron chi connectivity index (χ3n) is 3.27. The summed E-state index contributed by atoms with van der Waals surface area (Å²) in [4.78, 5) is 12.7. The average molecular weight is 270 g/mol. The van der Waals surface area contributed by atoms with Crippen molar-refractivity contribution in [2.75, 3.05) is 36.8 Å².